The number of esters is 1. The van der Waals surface area contributed by atoms with Gasteiger partial charge in [-0.2, -0.15) is 0 Å². The Balaban J connectivity index is 3.66. The molecule has 10 heteroatoms. The summed E-state index contributed by atoms with van der Waals surface area (Å²) in [6.45, 7) is 3.40. The van der Waals surface area contributed by atoms with Crippen LogP contribution in [0.3, 0.4) is 0 Å². The minimum Gasteiger partial charge on any atom is -0.463 e. The number of phosphoric acid groups is 1. The van der Waals surface area contributed by atoms with E-state index < -0.39 is 26.5 Å². The van der Waals surface area contributed by atoms with Crippen LogP contribution in [0.4, 0.5) is 0 Å². The average Bonchev–Trinajstić information content (AvgIpc) is 3.14. The van der Waals surface area contributed by atoms with Gasteiger partial charge in [0.05, 0.1) is 13.2 Å². The summed E-state index contributed by atoms with van der Waals surface area (Å²) in [6, 6.07) is 0. The molecule has 0 heterocycles. The van der Waals surface area contributed by atoms with Crippen molar-refractivity contribution >= 4 is 19.7 Å². The summed E-state index contributed by atoms with van der Waals surface area (Å²) >= 11 is 0. The lowest BCUT2D eigenvalue weighted by Crippen LogP contribution is -2.27. The van der Waals surface area contributed by atoms with Crippen LogP contribution >= 0.6 is 7.82 Å². The molecule has 0 radical (unpaired) electrons. The van der Waals surface area contributed by atoms with E-state index in [9.17, 15) is 24.2 Å². The van der Waals surface area contributed by atoms with E-state index >= 15 is 0 Å². The van der Waals surface area contributed by atoms with E-state index in [2.05, 4.69) is 79.9 Å². The highest BCUT2D eigenvalue weighted by atomic mass is 31.2. The Morgan fingerprint density at radius 2 is 1.08 bits per heavy atom. The van der Waals surface area contributed by atoms with E-state index in [4.69, 9.17) is 13.8 Å². The minimum atomic E-state index is -4.42. The highest BCUT2D eigenvalue weighted by molar-refractivity contribution is 7.47. The van der Waals surface area contributed by atoms with E-state index in [1.165, 1.54) is 51.4 Å². The number of carbonyl (C=O) groups is 2. The molecule has 1 amide bonds. The summed E-state index contributed by atoms with van der Waals surface area (Å²) in [5, 5.41) is 12.7. The molecule has 0 aromatic carbocycles. The van der Waals surface area contributed by atoms with Gasteiger partial charge in [-0.25, -0.2) is 4.57 Å². The average molecular weight is 766 g/mol. The number of amides is 1. The number of aliphatic hydroxyl groups excluding tert-OH is 1. The third kappa shape index (κ3) is 40.7. The molecule has 53 heavy (non-hydrogen) atoms. The molecule has 0 aliphatic carbocycles. The lowest BCUT2D eigenvalue weighted by atomic mass is 10.1. The molecule has 0 bridgehead atoms. The number of carbonyl (C=O) groups excluding carboxylic acids is 2. The molecule has 0 fully saturated rings. The number of hydrogen-bond donors (Lipinski definition) is 3. The van der Waals surface area contributed by atoms with Crippen molar-refractivity contribution in [2.45, 2.75) is 174 Å². The highest BCUT2D eigenvalue weighted by Crippen LogP contribution is 2.42. The molecule has 2 atom stereocenters. The third-order valence-electron chi connectivity index (χ3n) is 8.46. The largest absolute Gasteiger partial charge is 0.472 e. The van der Waals surface area contributed by atoms with Crippen LogP contribution in [0.2, 0.25) is 0 Å². The first-order valence-electron chi connectivity index (χ1n) is 20.8. The first-order chi connectivity index (χ1) is 25.8. The summed E-state index contributed by atoms with van der Waals surface area (Å²) < 4.78 is 26.8. The molecule has 9 nitrogen and oxygen atoms in total. The minimum absolute atomic E-state index is 0.0786. The van der Waals surface area contributed by atoms with Crippen LogP contribution in [0.5, 0.6) is 0 Å². The maximum atomic E-state index is 12.1. The second-order valence-electron chi connectivity index (χ2n) is 13.6. The summed E-state index contributed by atoms with van der Waals surface area (Å²) in [6.07, 6.45) is 45.8. The summed E-state index contributed by atoms with van der Waals surface area (Å²) in [5.41, 5.74) is 0. The van der Waals surface area contributed by atoms with Crippen LogP contribution in [0.1, 0.15) is 168 Å². The Bertz CT molecular complexity index is 1050. The van der Waals surface area contributed by atoms with Crippen LogP contribution in [0, 0.1) is 0 Å². The summed E-state index contributed by atoms with van der Waals surface area (Å²) in [7, 11) is -4.42. The van der Waals surface area contributed by atoms with Crippen molar-refractivity contribution in [2.24, 2.45) is 0 Å². The number of ether oxygens (including phenoxy) is 1. The molecule has 0 aromatic heterocycles. The maximum Gasteiger partial charge on any atom is 0.472 e. The van der Waals surface area contributed by atoms with Gasteiger partial charge in [0.25, 0.3) is 0 Å². The standard InChI is InChI=1S/C43H76NO8P/c1-3-5-7-9-11-13-15-16-17-18-19-20-21-22-23-24-26-28-30-32-34-36-43(47)50-39-41(45)40-52-53(48,49)51-38-37-44-42(46)35-33-31-29-27-25-14-12-10-8-6-4-2/h5,7,11,13,16-17,19-20,22-23,41,45H,3-4,6,8-10,12,14-15,18,21,24-40H2,1-2H3,(H,44,46)(H,48,49)/b7-5-,13-11-,17-16-,20-19-,23-22-. The zero-order chi connectivity index (χ0) is 38.9. The molecule has 306 valence electrons. The van der Waals surface area contributed by atoms with E-state index in [1.54, 1.807) is 0 Å². The first-order valence-corrected chi connectivity index (χ1v) is 22.3. The van der Waals surface area contributed by atoms with Gasteiger partial charge in [-0.15, -0.1) is 0 Å². The molecule has 0 aromatic rings. The van der Waals surface area contributed by atoms with Gasteiger partial charge in [-0.1, -0.05) is 158 Å². The Labute approximate surface area is 323 Å². The van der Waals surface area contributed by atoms with Crippen molar-refractivity contribution in [1.82, 2.24) is 5.32 Å². The SMILES string of the molecule is CC/C=C\C/C=C\C/C=C\C/C=C\C/C=C\CCCCCCCC(=O)OCC(O)COP(=O)(O)OCCNC(=O)CCCCCCCCCCCCC. The lowest BCUT2D eigenvalue weighted by Gasteiger charge is -2.15. The maximum absolute atomic E-state index is 12.1. The van der Waals surface area contributed by atoms with Gasteiger partial charge in [-0.3, -0.25) is 18.6 Å². The number of hydrogen-bond acceptors (Lipinski definition) is 7. The molecule has 0 rings (SSSR count). The van der Waals surface area contributed by atoms with E-state index in [0.29, 0.717) is 12.8 Å². The highest BCUT2D eigenvalue weighted by Gasteiger charge is 2.23. The first kappa shape index (κ1) is 50.7. The number of aliphatic hydroxyl groups is 1. The summed E-state index contributed by atoms with van der Waals surface area (Å²) in [4.78, 5) is 33.8. The molecular weight excluding hydrogens is 689 g/mol. The van der Waals surface area contributed by atoms with Gasteiger partial charge in [0, 0.05) is 19.4 Å². The van der Waals surface area contributed by atoms with Crippen molar-refractivity contribution < 1.29 is 37.9 Å². The monoisotopic (exact) mass is 766 g/mol. The zero-order valence-electron chi connectivity index (χ0n) is 33.4. The van der Waals surface area contributed by atoms with E-state index in [0.717, 1.165) is 83.5 Å². The van der Waals surface area contributed by atoms with Crippen molar-refractivity contribution in [3.05, 3.63) is 60.8 Å². The van der Waals surface area contributed by atoms with Crippen LogP contribution in [0.15, 0.2) is 60.8 Å². The van der Waals surface area contributed by atoms with Gasteiger partial charge in [0.1, 0.15) is 12.7 Å². The fourth-order valence-corrected chi connectivity index (χ4v) is 6.10. The van der Waals surface area contributed by atoms with Crippen molar-refractivity contribution in [1.29, 1.82) is 0 Å². The number of phosphoric ester groups is 1. The second kappa shape index (κ2) is 39.4. The van der Waals surface area contributed by atoms with Crippen LogP contribution in [-0.2, 0) is 27.9 Å². The van der Waals surface area contributed by atoms with Gasteiger partial charge >= 0.3 is 13.8 Å². The van der Waals surface area contributed by atoms with Crippen LogP contribution < -0.4 is 5.32 Å². The fraction of sp³-hybridized carbons (Fsp3) is 0.721. The number of rotatable bonds is 38. The van der Waals surface area contributed by atoms with Gasteiger partial charge in [0.2, 0.25) is 5.91 Å². The van der Waals surface area contributed by atoms with Gasteiger partial charge in [-0.05, 0) is 57.8 Å². The number of allylic oxidation sites excluding steroid dienone is 10. The molecular formula is C43H76NO8P. The smallest absolute Gasteiger partial charge is 0.463 e. The molecule has 3 N–H and O–H groups in total. The molecule has 0 saturated carbocycles. The molecule has 0 spiro atoms. The van der Waals surface area contributed by atoms with Crippen molar-refractivity contribution in [3.63, 3.8) is 0 Å². The molecule has 0 aliphatic rings. The zero-order valence-corrected chi connectivity index (χ0v) is 34.3. The van der Waals surface area contributed by atoms with Crippen LogP contribution in [0.25, 0.3) is 0 Å². The Morgan fingerprint density at radius 1 is 0.604 bits per heavy atom. The quantitative estimate of drug-likeness (QED) is 0.0245. The third-order valence-corrected chi connectivity index (χ3v) is 9.45. The van der Waals surface area contributed by atoms with Gasteiger partial charge in [0.15, 0.2) is 0 Å². The fourth-order valence-electron chi connectivity index (χ4n) is 5.35. The predicted octanol–water partition coefficient (Wildman–Crippen LogP) is 11.3. The normalized spacial score (nSPS) is 14.0. The topological polar surface area (TPSA) is 131 Å². The van der Waals surface area contributed by atoms with Crippen LogP contribution in [-0.4, -0.2) is 54.3 Å². The van der Waals surface area contributed by atoms with Crippen molar-refractivity contribution in [3.8, 4) is 0 Å². The van der Waals surface area contributed by atoms with Crippen molar-refractivity contribution in [2.75, 3.05) is 26.4 Å². The number of unbranched alkanes of at least 4 members (excludes halogenated alkanes) is 15. The van der Waals surface area contributed by atoms with E-state index in [-0.39, 0.29) is 32.1 Å². The lowest BCUT2D eigenvalue weighted by molar-refractivity contribution is -0.147. The summed E-state index contributed by atoms with van der Waals surface area (Å²) in [5.74, 6) is -0.539. The molecule has 0 aliphatic heterocycles. The predicted molar refractivity (Wildman–Crippen MR) is 220 cm³/mol. The molecule has 0 saturated heterocycles. The van der Waals surface area contributed by atoms with Gasteiger partial charge < -0.3 is 20.1 Å². The Kier molecular flexibility index (Phi) is 37.7. The Hall–Kier alpha value is -2.29. The number of nitrogens with one attached hydrogen (secondary N) is 1. The van der Waals surface area contributed by atoms with E-state index in [1.807, 2.05) is 0 Å². The Morgan fingerprint density at radius 3 is 1.62 bits per heavy atom. The molecule has 2 unspecified atom stereocenters. The second-order valence-corrected chi connectivity index (χ2v) is 15.0.